The van der Waals surface area contributed by atoms with E-state index in [0.29, 0.717) is 30.9 Å². The quantitative estimate of drug-likeness (QED) is 0.455. The number of Topliss-reactive ketones (excluding diaryl/α,β-unsaturated/α-hetero) is 1. The Hall–Kier alpha value is -3.93. The lowest BCUT2D eigenvalue weighted by Crippen LogP contribution is -2.27. The maximum Gasteiger partial charge on any atom is 0.163 e. The summed E-state index contributed by atoms with van der Waals surface area (Å²) in [6.45, 7) is 2.56. The van der Waals surface area contributed by atoms with Crippen LogP contribution in [0.4, 0.5) is 11.4 Å². The Bertz CT molecular complexity index is 1280. The van der Waals surface area contributed by atoms with Crippen molar-refractivity contribution in [2.24, 2.45) is 0 Å². The van der Waals surface area contributed by atoms with Crippen LogP contribution >= 0.6 is 0 Å². The molecule has 6 nitrogen and oxygen atoms in total. The van der Waals surface area contributed by atoms with Crippen molar-refractivity contribution < 1.29 is 19.0 Å². The average Bonchev–Trinajstić information content (AvgIpc) is 3.05. The Morgan fingerprint density at radius 3 is 2.43 bits per heavy atom. The number of carbonyl (C=O) groups is 1. The molecule has 0 bridgehead atoms. The molecule has 0 unspecified atom stereocenters. The van der Waals surface area contributed by atoms with E-state index in [1.807, 2.05) is 73.7 Å². The average molecular weight is 471 g/mol. The van der Waals surface area contributed by atoms with Crippen LogP contribution in [-0.4, -0.2) is 26.6 Å². The number of rotatable bonds is 6. The summed E-state index contributed by atoms with van der Waals surface area (Å²) in [7, 11) is 3.25. The molecule has 3 aromatic carbocycles. The minimum atomic E-state index is -0.277. The first-order valence-electron chi connectivity index (χ1n) is 11.9. The topological polar surface area (TPSA) is 68.8 Å². The third-order valence-corrected chi connectivity index (χ3v) is 6.69. The molecule has 1 aliphatic carbocycles. The zero-order chi connectivity index (χ0) is 24.4. The minimum absolute atomic E-state index is 0.0363. The first-order valence-corrected chi connectivity index (χ1v) is 11.9. The molecule has 5 rings (SSSR count). The van der Waals surface area contributed by atoms with Gasteiger partial charge < -0.3 is 24.8 Å². The van der Waals surface area contributed by atoms with Gasteiger partial charge in [-0.3, -0.25) is 4.79 Å². The summed E-state index contributed by atoms with van der Waals surface area (Å²) in [5, 5.41) is 7.22. The molecule has 0 amide bonds. The van der Waals surface area contributed by atoms with E-state index in [4.69, 9.17) is 14.2 Å². The number of ketones is 1. The number of benzene rings is 3. The van der Waals surface area contributed by atoms with Crippen molar-refractivity contribution in [2.75, 3.05) is 31.5 Å². The van der Waals surface area contributed by atoms with Crippen LogP contribution in [0.5, 0.6) is 17.2 Å². The molecule has 0 aromatic heterocycles. The van der Waals surface area contributed by atoms with Gasteiger partial charge in [0.25, 0.3) is 0 Å². The standard InChI is InChI=1S/C29H30N2O4/c1-4-35-21-9-7-8-19(14-21)29-28-24(30-22-10-5-6-11-23(22)31-29)15-20(16-25(28)32)18-12-13-26(33-2)27(17-18)34-3/h5-14,17,20,29-31H,4,15-16H2,1-3H3/t20-,29-/m0/s1. The summed E-state index contributed by atoms with van der Waals surface area (Å²) in [4.78, 5) is 13.8. The second-order valence-electron chi connectivity index (χ2n) is 8.79. The maximum atomic E-state index is 13.8. The van der Waals surface area contributed by atoms with E-state index in [-0.39, 0.29) is 17.7 Å². The van der Waals surface area contributed by atoms with Crippen LogP contribution in [0.2, 0.25) is 0 Å². The van der Waals surface area contributed by atoms with Crippen LogP contribution < -0.4 is 24.8 Å². The summed E-state index contributed by atoms with van der Waals surface area (Å²) in [5.41, 5.74) is 5.72. The summed E-state index contributed by atoms with van der Waals surface area (Å²) in [5.74, 6) is 2.31. The smallest absolute Gasteiger partial charge is 0.163 e. The molecular weight excluding hydrogens is 440 g/mol. The first-order chi connectivity index (χ1) is 17.1. The second kappa shape index (κ2) is 9.74. The number of ether oxygens (including phenoxy) is 3. The molecule has 0 radical (unpaired) electrons. The van der Waals surface area contributed by atoms with Crippen LogP contribution in [0.25, 0.3) is 0 Å². The highest BCUT2D eigenvalue weighted by Gasteiger charge is 2.36. The summed E-state index contributed by atoms with van der Waals surface area (Å²) >= 11 is 0. The van der Waals surface area contributed by atoms with Crippen molar-refractivity contribution in [3.8, 4) is 17.2 Å². The molecule has 3 aromatic rings. The summed E-state index contributed by atoms with van der Waals surface area (Å²) in [6, 6.07) is 21.7. The number of anilines is 2. The maximum absolute atomic E-state index is 13.8. The van der Waals surface area contributed by atoms with Gasteiger partial charge in [-0.05, 0) is 66.8 Å². The van der Waals surface area contributed by atoms with Crippen LogP contribution in [0.1, 0.15) is 42.9 Å². The van der Waals surface area contributed by atoms with Crippen molar-refractivity contribution in [1.82, 2.24) is 0 Å². The first kappa shape index (κ1) is 22.8. The number of hydrogen-bond donors (Lipinski definition) is 2. The van der Waals surface area contributed by atoms with Gasteiger partial charge in [-0.25, -0.2) is 0 Å². The molecule has 2 N–H and O–H groups in total. The Labute approximate surface area is 205 Å². The lowest BCUT2D eigenvalue weighted by atomic mass is 9.78. The molecule has 180 valence electrons. The zero-order valence-electron chi connectivity index (χ0n) is 20.3. The second-order valence-corrected chi connectivity index (χ2v) is 8.79. The molecule has 6 heteroatoms. The Balaban J connectivity index is 1.57. The third kappa shape index (κ3) is 4.44. The van der Waals surface area contributed by atoms with Crippen molar-refractivity contribution in [3.63, 3.8) is 0 Å². The predicted octanol–water partition coefficient (Wildman–Crippen LogP) is 6.08. The van der Waals surface area contributed by atoms with Crippen molar-refractivity contribution in [1.29, 1.82) is 0 Å². The molecule has 0 spiro atoms. The van der Waals surface area contributed by atoms with Crippen molar-refractivity contribution >= 4 is 17.2 Å². The molecule has 2 atom stereocenters. The predicted molar refractivity (Wildman–Crippen MR) is 138 cm³/mol. The monoisotopic (exact) mass is 470 g/mol. The van der Waals surface area contributed by atoms with Gasteiger partial charge in [0.15, 0.2) is 17.3 Å². The van der Waals surface area contributed by atoms with Crippen LogP contribution in [0.3, 0.4) is 0 Å². The molecule has 1 aliphatic heterocycles. The number of para-hydroxylation sites is 2. The number of allylic oxidation sites excluding steroid dienone is 1. The highest BCUT2D eigenvalue weighted by atomic mass is 16.5. The fourth-order valence-electron chi connectivity index (χ4n) is 5.04. The van der Waals surface area contributed by atoms with E-state index in [1.54, 1.807) is 14.2 Å². The Kier molecular flexibility index (Phi) is 6.36. The molecule has 1 heterocycles. The molecule has 0 fully saturated rings. The largest absolute Gasteiger partial charge is 0.494 e. The number of methoxy groups -OCH3 is 2. The van der Waals surface area contributed by atoms with Gasteiger partial charge in [-0.15, -0.1) is 0 Å². The number of carbonyl (C=O) groups excluding carboxylic acids is 1. The summed E-state index contributed by atoms with van der Waals surface area (Å²) in [6.07, 6.45) is 1.14. The highest BCUT2D eigenvalue weighted by molar-refractivity contribution is 6.01. The van der Waals surface area contributed by atoms with Crippen molar-refractivity contribution in [2.45, 2.75) is 31.7 Å². The van der Waals surface area contributed by atoms with Gasteiger partial charge >= 0.3 is 0 Å². The van der Waals surface area contributed by atoms with E-state index in [9.17, 15) is 4.79 Å². The lowest BCUT2D eigenvalue weighted by molar-refractivity contribution is -0.116. The van der Waals surface area contributed by atoms with E-state index < -0.39 is 0 Å². The minimum Gasteiger partial charge on any atom is -0.494 e. The van der Waals surface area contributed by atoms with Gasteiger partial charge in [-0.1, -0.05) is 30.3 Å². The van der Waals surface area contributed by atoms with Gasteiger partial charge in [0.2, 0.25) is 0 Å². The van der Waals surface area contributed by atoms with Crippen molar-refractivity contribution in [3.05, 3.63) is 89.1 Å². The van der Waals surface area contributed by atoms with Gasteiger partial charge in [0.05, 0.1) is 38.2 Å². The van der Waals surface area contributed by atoms with E-state index in [2.05, 4.69) is 10.6 Å². The fourth-order valence-corrected chi connectivity index (χ4v) is 5.04. The SMILES string of the molecule is CCOc1cccc([C@@H]2Nc3ccccc3NC3=C2C(=O)C[C@@H](c2ccc(OC)c(OC)c2)C3)c1. The lowest BCUT2D eigenvalue weighted by Gasteiger charge is -2.30. The van der Waals surface area contributed by atoms with Crippen LogP contribution in [-0.2, 0) is 4.79 Å². The zero-order valence-corrected chi connectivity index (χ0v) is 20.3. The van der Waals surface area contributed by atoms with Crippen LogP contribution in [0, 0.1) is 0 Å². The van der Waals surface area contributed by atoms with E-state index in [0.717, 1.165) is 39.5 Å². The van der Waals surface area contributed by atoms with Gasteiger partial charge in [0.1, 0.15) is 5.75 Å². The summed E-state index contributed by atoms with van der Waals surface area (Å²) < 4.78 is 16.7. The molecule has 0 saturated heterocycles. The molecule has 0 saturated carbocycles. The normalized spacial score (nSPS) is 19.0. The fraction of sp³-hybridized carbons (Fsp3) is 0.276. The van der Waals surface area contributed by atoms with Crippen LogP contribution in [0.15, 0.2) is 78.0 Å². The molecule has 2 aliphatic rings. The number of hydrogen-bond acceptors (Lipinski definition) is 6. The molecular formula is C29H30N2O4. The van der Waals surface area contributed by atoms with Gasteiger partial charge in [-0.2, -0.15) is 0 Å². The number of nitrogens with one attached hydrogen (secondary N) is 2. The number of fused-ring (bicyclic) bond motifs is 1. The molecule has 35 heavy (non-hydrogen) atoms. The Morgan fingerprint density at radius 2 is 1.66 bits per heavy atom. The highest BCUT2D eigenvalue weighted by Crippen LogP contribution is 2.45. The van der Waals surface area contributed by atoms with E-state index in [1.165, 1.54) is 0 Å². The third-order valence-electron chi connectivity index (χ3n) is 6.69. The Morgan fingerprint density at radius 1 is 0.857 bits per heavy atom. The van der Waals surface area contributed by atoms with E-state index >= 15 is 0 Å². The van der Waals surface area contributed by atoms with Gasteiger partial charge in [0, 0.05) is 17.7 Å².